The lowest BCUT2D eigenvalue weighted by atomic mass is 9.48. The van der Waals surface area contributed by atoms with Gasteiger partial charge in [-0.3, -0.25) is 4.79 Å². The fourth-order valence-corrected chi connectivity index (χ4v) is 6.42. The predicted octanol–water partition coefficient (Wildman–Crippen LogP) is 4.91. The minimum atomic E-state index is 0.362. The van der Waals surface area contributed by atoms with Crippen LogP contribution in [0.1, 0.15) is 71.6 Å². The SMILES string of the molecule is C[C@@]12CCC[C@@H]1[C@H]1C(=O)C=C3CCCC[C@]3(C)[C@@H]1CC2. The lowest BCUT2D eigenvalue weighted by Gasteiger charge is -2.55. The van der Waals surface area contributed by atoms with Gasteiger partial charge in [0, 0.05) is 5.92 Å². The third-order valence-corrected chi connectivity index (χ3v) is 7.64. The van der Waals surface area contributed by atoms with E-state index in [0.717, 1.165) is 0 Å². The first-order chi connectivity index (χ1) is 9.55. The van der Waals surface area contributed by atoms with Crippen LogP contribution in [0.4, 0.5) is 0 Å². The van der Waals surface area contributed by atoms with E-state index in [1.807, 2.05) is 0 Å². The Morgan fingerprint density at radius 2 is 1.85 bits per heavy atom. The van der Waals surface area contributed by atoms with E-state index in [4.69, 9.17) is 0 Å². The highest BCUT2D eigenvalue weighted by Crippen LogP contribution is 2.63. The summed E-state index contributed by atoms with van der Waals surface area (Å²) in [6.45, 7) is 4.95. The Morgan fingerprint density at radius 3 is 2.70 bits per heavy atom. The minimum Gasteiger partial charge on any atom is -0.295 e. The summed E-state index contributed by atoms with van der Waals surface area (Å²) in [5.41, 5.74) is 2.35. The Labute approximate surface area is 123 Å². The molecule has 0 aliphatic heterocycles. The van der Waals surface area contributed by atoms with Crippen LogP contribution in [-0.2, 0) is 4.79 Å². The average molecular weight is 272 g/mol. The van der Waals surface area contributed by atoms with Crippen LogP contribution in [0, 0.1) is 28.6 Å². The van der Waals surface area contributed by atoms with Gasteiger partial charge in [-0.25, -0.2) is 0 Å². The highest BCUT2D eigenvalue weighted by atomic mass is 16.1. The summed E-state index contributed by atoms with van der Waals surface area (Å²) in [4.78, 5) is 12.8. The van der Waals surface area contributed by atoms with E-state index in [0.29, 0.717) is 34.4 Å². The third kappa shape index (κ3) is 1.58. The fraction of sp³-hybridized carbons (Fsp3) is 0.842. The van der Waals surface area contributed by atoms with E-state index in [1.54, 1.807) is 0 Å². The van der Waals surface area contributed by atoms with Crippen LogP contribution >= 0.6 is 0 Å². The van der Waals surface area contributed by atoms with E-state index in [9.17, 15) is 4.79 Å². The standard InChI is InChI=1S/C19H28O/c1-18-9-5-7-14(18)17-15(8-11-18)19(2)10-4-3-6-13(19)12-16(17)20/h12,14-15,17H,3-11H2,1-2H3/t14-,15-,17-,18+,19+/m1/s1. The Balaban J connectivity index is 1.77. The van der Waals surface area contributed by atoms with E-state index < -0.39 is 0 Å². The quantitative estimate of drug-likeness (QED) is 0.612. The van der Waals surface area contributed by atoms with Crippen molar-refractivity contribution in [2.75, 3.05) is 0 Å². The molecular formula is C19H28O. The molecule has 0 bridgehead atoms. The van der Waals surface area contributed by atoms with Crippen LogP contribution in [0.5, 0.6) is 0 Å². The molecule has 1 nitrogen and oxygen atoms in total. The van der Waals surface area contributed by atoms with Gasteiger partial charge in [-0.15, -0.1) is 0 Å². The molecule has 110 valence electrons. The van der Waals surface area contributed by atoms with Gasteiger partial charge >= 0.3 is 0 Å². The Bertz CT molecular complexity index is 476. The molecule has 4 aliphatic rings. The van der Waals surface area contributed by atoms with Crippen molar-refractivity contribution in [3.8, 4) is 0 Å². The van der Waals surface area contributed by atoms with Crippen molar-refractivity contribution in [3.05, 3.63) is 11.6 Å². The van der Waals surface area contributed by atoms with Crippen LogP contribution in [-0.4, -0.2) is 5.78 Å². The molecule has 0 aromatic rings. The fourth-order valence-electron chi connectivity index (χ4n) is 6.42. The normalized spacial score (nSPS) is 51.0. The van der Waals surface area contributed by atoms with Gasteiger partial charge in [0.15, 0.2) is 5.78 Å². The van der Waals surface area contributed by atoms with Gasteiger partial charge in [0.1, 0.15) is 0 Å². The molecule has 0 saturated heterocycles. The number of hydrogen-bond acceptors (Lipinski definition) is 1. The van der Waals surface area contributed by atoms with Gasteiger partial charge in [0.2, 0.25) is 0 Å². The first-order valence-corrected chi connectivity index (χ1v) is 8.79. The molecule has 0 spiro atoms. The molecule has 0 radical (unpaired) electrons. The number of fused-ring (bicyclic) bond motifs is 5. The first-order valence-electron chi connectivity index (χ1n) is 8.79. The van der Waals surface area contributed by atoms with E-state index in [2.05, 4.69) is 19.9 Å². The molecule has 0 heterocycles. The van der Waals surface area contributed by atoms with Gasteiger partial charge in [-0.1, -0.05) is 32.3 Å². The predicted molar refractivity (Wildman–Crippen MR) is 81.3 cm³/mol. The topological polar surface area (TPSA) is 17.1 Å². The second-order valence-corrected chi connectivity index (χ2v) is 8.52. The van der Waals surface area contributed by atoms with Gasteiger partial charge in [0.25, 0.3) is 0 Å². The molecule has 0 unspecified atom stereocenters. The van der Waals surface area contributed by atoms with E-state index >= 15 is 0 Å². The lowest BCUT2D eigenvalue weighted by molar-refractivity contribution is -0.132. The summed E-state index contributed by atoms with van der Waals surface area (Å²) in [6, 6.07) is 0. The van der Waals surface area contributed by atoms with Crippen molar-refractivity contribution in [2.24, 2.45) is 28.6 Å². The zero-order valence-electron chi connectivity index (χ0n) is 13.1. The van der Waals surface area contributed by atoms with Crippen molar-refractivity contribution in [1.82, 2.24) is 0 Å². The Kier molecular flexibility index (Phi) is 2.76. The van der Waals surface area contributed by atoms with Crippen molar-refractivity contribution in [1.29, 1.82) is 0 Å². The van der Waals surface area contributed by atoms with Crippen LogP contribution in [0.25, 0.3) is 0 Å². The molecule has 0 amide bonds. The van der Waals surface area contributed by atoms with Crippen LogP contribution < -0.4 is 0 Å². The second kappa shape index (κ2) is 4.21. The Morgan fingerprint density at radius 1 is 1.00 bits per heavy atom. The Hall–Kier alpha value is -0.590. The minimum absolute atomic E-state index is 0.362. The van der Waals surface area contributed by atoms with E-state index in [-0.39, 0.29) is 0 Å². The van der Waals surface area contributed by atoms with Gasteiger partial charge < -0.3 is 0 Å². The molecular weight excluding hydrogens is 244 g/mol. The second-order valence-electron chi connectivity index (χ2n) is 8.52. The number of rotatable bonds is 0. The number of carbonyl (C=O) groups is 1. The van der Waals surface area contributed by atoms with E-state index in [1.165, 1.54) is 63.4 Å². The first kappa shape index (κ1) is 13.1. The highest BCUT2D eigenvalue weighted by Gasteiger charge is 2.57. The lowest BCUT2D eigenvalue weighted by Crippen LogP contribution is -2.51. The van der Waals surface area contributed by atoms with Crippen molar-refractivity contribution in [3.63, 3.8) is 0 Å². The van der Waals surface area contributed by atoms with Crippen LogP contribution in [0.15, 0.2) is 11.6 Å². The summed E-state index contributed by atoms with van der Waals surface area (Å²) < 4.78 is 0. The van der Waals surface area contributed by atoms with Crippen molar-refractivity contribution < 1.29 is 4.79 Å². The zero-order chi connectivity index (χ0) is 14.0. The third-order valence-electron chi connectivity index (χ3n) is 7.64. The largest absolute Gasteiger partial charge is 0.295 e. The highest BCUT2D eigenvalue weighted by molar-refractivity contribution is 5.94. The number of allylic oxidation sites excluding steroid dienone is 2. The summed E-state index contributed by atoms with van der Waals surface area (Å²) in [5, 5.41) is 0. The molecule has 4 aliphatic carbocycles. The van der Waals surface area contributed by atoms with Gasteiger partial charge in [-0.2, -0.15) is 0 Å². The molecule has 1 heteroatoms. The zero-order valence-corrected chi connectivity index (χ0v) is 13.1. The van der Waals surface area contributed by atoms with Crippen molar-refractivity contribution >= 4 is 5.78 Å². The molecule has 0 aromatic carbocycles. The molecule has 5 atom stereocenters. The monoisotopic (exact) mass is 272 g/mol. The van der Waals surface area contributed by atoms with Crippen LogP contribution in [0.3, 0.4) is 0 Å². The number of carbonyl (C=O) groups excluding carboxylic acids is 1. The van der Waals surface area contributed by atoms with Crippen molar-refractivity contribution in [2.45, 2.75) is 71.6 Å². The summed E-state index contributed by atoms with van der Waals surface area (Å²) in [5.74, 6) is 2.21. The molecule has 3 fully saturated rings. The maximum absolute atomic E-state index is 12.8. The van der Waals surface area contributed by atoms with Gasteiger partial charge in [-0.05, 0) is 73.7 Å². The number of ketones is 1. The van der Waals surface area contributed by atoms with Gasteiger partial charge in [0.05, 0.1) is 0 Å². The molecule has 4 rings (SSSR count). The average Bonchev–Trinajstić information content (AvgIpc) is 2.81. The molecule has 20 heavy (non-hydrogen) atoms. The maximum Gasteiger partial charge on any atom is 0.159 e. The smallest absolute Gasteiger partial charge is 0.159 e. The molecule has 0 aromatic heterocycles. The van der Waals surface area contributed by atoms with Crippen LogP contribution in [0.2, 0.25) is 0 Å². The molecule has 0 N–H and O–H groups in total. The maximum atomic E-state index is 12.8. The molecule has 3 saturated carbocycles. The summed E-state index contributed by atoms with van der Waals surface area (Å²) >= 11 is 0. The summed E-state index contributed by atoms with van der Waals surface area (Å²) in [7, 11) is 0. The number of hydrogen-bond donors (Lipinski definition) is 0. The summed E-state index contributed by atoms with van der Waals surface area (Å²) in [6.07, 6.45) is 14.0.